The summed E-state index contributed by atoms with van der Waals surface area (Å²) in [4.78, 5) is 31.2. The zero-order valence-electron chi connectivity index (χ0n) is 14.4. The van der Waals surface area contributed by atoms with E-state index in [0.29, 0.717) is 24.2 Å². The highest BCUT2D eigenvalue weighted by atomic mass is 16.6. The lowest BCUT2D eigenvalue weighted by Gasteiger charge is -2.23. The van der Waals surface area contributed by atoms with Crippen molar-refractivity contribution in [3.8, 4) is 0 Å². The van der Waals surface area contributed by atoms with Crippen LogP contribution in [0.4, 0.5) is 10.6 Å². The molecule has 1 heterocycles. The van der Waals surface area contributed by atoms with E-state index in [0.717, 1.165) is 12.0 Å². The molecule has 23 heavy (non-hydrogen) atoms. The number of aliphatic imine (C=N–C) groups is 1. The molecule has 6 nitrogen and oxygen atoms in total. The number of pyridine rings is 1. The fourth-order valence-electron chi connectivity index (χ4n) is 1.95. The molecule has 0 spiro atoms. The topological polar surface area (TPSA) is 80.7 Å². The molecule has 0 aliphatic carbocycles. The van der Waals surface area contributed by atoms with Gasteiger partial charge in [0.05, 0.1) is 6.04 Å². The number of hydrogen-bond donors (Lipinski definition) is 1. The van der Waals surface area contributed by atoms with Gasteiger partial charge in [0.25, 0.3) is 0 Å². The third-order valence-electron chi connectivity index (χ3n) is 3.03. The van der Waals surface area contributed by atoms with Crippen LogP contribution in [0.1, 0.15) is 57.8 Å². The maximum absolute atomic E-state index is 11.9. The van der Waals surface area contributed by atoms with Gasteiger partial charge < -0.3 is 10.1 Å². The minimum absolute atomic E-state index is 0.220. The summed E-state index contributed by atoms with van der Waals surface area (Å²) >= 11 is 0. The average molecular weight is 319 g/mol. The second-order valence-corrected chi connectivity index (χ2v) is 6.13. The number of rotatable bonds is 6. The smallest absolute Gasteiger partial charge is 0.408 e. The lowest BCUT2D eigenvalue weighted by atomic mass is 10.1. The Balaban J connectivity index is 2.88. The number of alkyl carbamates (subject to hydrolysis) is 1. The zero-order chi connectivity index (χ0) is 17.5. The third-order valence-corrected chi connectivity index (χ3v) is 3.03. The molecule has 6 heteroatoms. The summed E-state index contributed by atoms with van der Waals surface area (Å²) in [5.74, 6) is 0.511. The fourth-order valence-corrected chi connectivity index (χ4v) is 1.95. The van der Waals surface area contributed by atoms with Crippen LogP contribution in [0.2, 0.25) is 0 Å². The number of amides is 1. The maximum Gasteiger partial charge on any atom is 0.408 e. The molecule has 0 aliphatic heterocycles. The van der Waals surface area contributed by atoms with Crippen molar-refractivity contribution in [1.29, 1.82) is 0 Å². The van der Waals surface area contributed by atoms with Crippen LogP contribution < -0.4 is 5.32 Å². The van der Waals surface area contributed by atoms with E-state index in [-0.39, 0.29) is 6.04 Å². The van der Waals surface area contributed by atoms with Crippen LogP contribution >= 0.6 is 0 Å². The first-order chi connectivity index (χ1) is 10.8. The second kappa shape index (κ2) is 8.41. The quantitative estimate of drug-likeness (QED) is 0.640. The van der Waals surface area contributed by atoms with E-state index in [4.69, 9.17) is 4.74 Å². The number of nitrogens with one attached hydrogen (secondary N) is 1. The molecule has 0 fully saturated rings. The molecule has 1 amide bonds. The zero-order valence-corrected chi connectivity index (χ0v) is 14.4. The van der Waals surface area contributed by atoms with Gasteiger partial charge in [-0.25, -0.2) is 14.8 Å². The lowest BCUT2D eigenvalue weighted by molar-refractivity contribution is 0.0516. The molecule has 126 valence electrons. The van der Waals surface area contributed by atoms with Gasteiger partial charge in [-0.15, -0.1) is 0 Å². The molecule has 1 aromatic rings. The van der Waals surface area contributed by atoms with E-state index in [2.05, 4.69) is 15.3 Å². The van der Waals surface area contributed by atoms with Gasteiger partial charge in [0, 0.05) is 17.5 Å². The number of hydrogen-bond acceptors (Lipinski definition) is 5. The van der Waals surface area contributed by atoms with Gasteiger partial charge >= 0.3 is 6.09 Å². The first-order valence-electron chi connectivity index (χ1n) is 7.77. The van der Waals surface area contributed by atoms with Crippen LogP contribution in [0, 0.1) is 0 Å². The summed E-state index contributed by atoms with van der Waals surface area (Å²) in [5.41, 5.74) is 0.767. The number of nitrogens with zero attached hydrogens (tertiary/aromatic N) is 2. The van der Waals surface area contributed by atoms with Crippen molar-refractivity contribution < 1.29 is 14.3 Å². The summed E-state index contributed by atoms with van der Waals surface area (Å²) in [6.07, 6.45) is 3.11. The van der Waals surface area contributed by atoms with E-state index >= 15 is 0 Å². The van der Waals surface area contributed by atoms with Crippen molar-refractivity contribution in [1.82, 2.24) is 10.3 Å². The fraction of sp³-hybridized carbons (Fsp3) is 0.529. The minimum atomic E-state index is -0.544. The Bertz CT molecular complexity index is 559. The summed E-state index contributed by atoms with van der Waals surface area (Å²) < 4.78 is 5.29. The molecule has 0 bridgehead atoms. The van der Waals surface area contributed by atoms with E-state index in [1.54, 1.807) is 12.1 Å². The number of aldehydes is 1. The molecular formula is C17H25N3O3. The largest absolute Gasteiger partial charge is 0.444 e. The van der Waals surface area contributed by atoms with Crippen molar-refractivity contribution in [2.75, 3.05) is 0 Å². The molecule has 0 aliphatic rings. The Morgan fingerprint density at radius 2 is 2.09 bits per heavy atom. The van der Waals surface area contributed by atoms with Gasteiger partial charge in [-0.1, -0.05) is 13.8 Å². The molecule has 0 radical (unpaired) electrons. The van der Waals surface area contributed by atoms with Crippen LogP contribution in [0.15, 0.2) is 23.3 Å². The van der Waals surface area contributed by atoms with Crippen molar-refractivity contribution in [2.45, 2.75) is 59.1 Å². The van der Waals surface area contributed by atoms with Crippen LogP contribution in [0.5, 0.6) is 0 Å². The van der Waals surface area contributed by atoms with Crippen LogP contribution in [-0.4, -0.2) is 34.7 Å². The molecular weight excluding hydrogens is 294 g/mol. The average Bonchev–Trinajstić information content (AvgIpc) is 2.49. The molecule has 1 rings (SSSR count). The van der Waals surface area contributed by atoms with Crippen molar-refractivity contribution in [3.05, 3.63) is 23.9 Å². The van der Waals surface area contributed by atoms with E-state index in [1.165, 1.54) is 6.20 Å². The van der Waals surface area contributed by atoms with Gasteiger partial charge in [-0.2, -0.15) is 0 Å². The normalized spacial score (nSPS) is 13.3. The predicted molar refractivity (Wildman–Crippen MR) is 90.5 cm³/mol. The van der Waals surface area contributed by atoms with Crippen LogP contribution in [-0.2, 0) is 4.74 Å². The number of carbonyl (C=O) groups is 2. The first-order valence-corrected chi connectivity index (χ1v) is 7.77. The van der Waals surface area contributed by atoms with Crippen molar-refractivity contribution in [2.24, 2.45) is 4.99 Å². The molecule has 0 saturated carbocycles. The van der Waals surface area contributed by atoms with Crippen LogP contribution in [0.25, 0.3) is 0 Å². The molecule has 1 N–H and O–H groups in total. The summed E-state index contributed by atoms with van der Waals surface area (Å²) in [6.45, 7) is 9.40. The standard InChI is InChI=1S/C17H25N3O3/c1-6-13(19-15-9-8-12(11-21)10-18-15)14(7-2)20-16(22)23-17(3,4)5/h8-11,14H,6-7H2,1-5H3,(H,20,22). The first kappa shape index (κ1) is 18.8. The molecule has 0 aromatic carbocycles. The summed E-state index contributed by atoms with van der Waals surface area (Å²) in [6, 6.07) is 3.12. The van der Waals surface area contributed by atoms with E-state index in [1.807, 2.05) is 34.6 Å². The van der Waals surface area contributed by atoms with Gasteiger partial charge in [0.15, 0.2) is 12.1 Å². The van der Waals surface area contributed by atoms with Gasteiger partial charge in [0.2, 0.25) is 0 Å². The highest BCUT2D eigenvalue weighted by molar-refractivity contribution is 5.93. The Hall–Kier alpha value is -2.24. The van der Waals surface area contributed by atoms with Gasteiger partial charge in [-0.05, 0) is 45.7 Å². The SMILES string of the molecule is CCC(=Nc1ccc(C=O)cn1)C(CC)NC(=O)OC(C)(C)C. The summed E-state index contributed by atoms with van der Waals surface area (Å²) in [5, 5.41) is 2.84. The Kier molecular flexibility index (Phi) is 6.88. The van der Waals surface area contributed by atoms with E-state index in [9.17, 15) is 9.59 Å². The predicted octanol–water partition coefficient (Wildman–Crippen LogP) is 3.68. The summed E-state index contributed by atoms with van der Waals surface area (Å²) in [7, 11) is 0. The highest BCUT2D eigenvalue weighted by Crippen LogP contribution is 2.13. The Morgan fingerprint density at radius 3 is 2.52 bits per heavy atom. The van der Waals surface area contributed by atoms with Gasteiger partial charge in [-0.3, -0.25) is 4.79 Å². The lowest BCUT2D eigenvalue weighted by Crippen LogP contribution is -2.43. The molecule has 1 atom stereocenters. The number of ether oxygens (including phenoxy) is 1. The molecule has 0 saturated heterocycles. The van der Waals surface area contributed by atoms with Crippen LogP contribution in [0.3, 0.4) is 0 Å². The number of carbonyl (C=O) groups excluding carboxylic acids is 2. The minimum Gasteiger partial charge on any atom is -0.444 e. The van der Waals surface area contributed by atoms with Crippen molar-refractivity contribution >= 4 is 23.9 Å². The highest BCUT2D eigenvalue weighted by Gasteiger charge is 2.21. The third kappa shape index (κ3) is 6.59. The molecule has 1 unspecified atom stereocenters. The monoisotopic (exact) mass is 319 g/mol. The maximum atomic E-state index is 11.9. The Labute approximate surface area is 137 Å². The Morgan fingerprint density at radius 1 is 1.39 bits per heavy atom. The van der Waals surface area contributed by atoms with Crippen molar-refractivity contribution in [3.63, 3.8) is 0 Å². The van der Waals surface area contributed by atoms with E-state index < -0.39 is 11.7 Å². The molecule has 1 aromatic heterocycles. The second-order valence-electron chi connectivity index (χ2n) is 6.13. The van der Waals surface area contributed by atoms with Gasteiger partial charge in [0.1, 0.15) is 5.60 Å². The number of aromatic nitrogens is 1.